The lowest BCUT2D eigenvalue weighted by atomic mass is 10.3. The van der Waals surface area contributed by atoms with Crippen LogP contribution in [-0.2, 0) is 6.54 Å². The molecule has 94 valence electrons. The van der Waals surface area contributed by atoms with Crippen LogP contribution in [0.1, 0.15) is 20.4 Å². The number of amides is 1. The quantitative estimate of drug-likeness (QED) is 0.810. The molecule has 0 aromatic carbocycles. The minimum absolute atomic E-state index is 0.129. The van der Waals surface area contributed by atoms with E-state index in [-0.39, 0.29) is 5.91 Å². The summed E-state index contributed by atoms with van der Waals surface area (Å²) < 4.78 is 0. The molecule has 0 unspecified atom stereocenters. The molecule has 1 saturated heterocycles. The molecule has 2 heterocycles. The van der Waals surface area contributed by atoms with E-state index < -0.39 is 0 Å². The van der Waals surface area contributed by atoms with Crippen molar-refractivity contribution in [2.45, 2.75) is 13.5 Å². The molecule has 0 spiro atoms. The average molecular weight is 254 g/mol. The summed E-state index contributed by atoms with van der Waals surface area (Å²) in [5.41, 5.74) is 0.851. The Morgan fingerprint density at radius 2 is 2.24 bits per heavy atom. The Balaban J connectivity index is 2.12. The Hall–Kier alpha value is -0.980. The van der Waals surface area contributed by atoms with Gasteiger partial charge in [-0.15, -0.1) is 11.3 Å². The summed E-state index contributed by atoms with van der Waals surface area (Å²) in [6.07, 6.45) is 0. The van der Waals surface area contributed by atoms with Gasteiger partial charge in [-0.2, -0.15) is 0 Å². The fourth-order valence-electron chi connectivity index (χ4n) is 1.89. The number of rotatable bonds is 3. The zero-order valence-electron chi connectivity index (χ0n) is 10.2. The third-order valence-corrected chi connectivity index (χ3v) is 3.91. The van der Waals surface area contributed by atoms with E-state index in [1.54, 1.807) is 0 Å². The third-order valence-electron chi connectivity index (χ3n) is 2.77. The summed E-state index contributed by atoms with van der Waals surface area (Å²) in [7, 11) is 1.88. The van der Waals surface area contributed by atoms with E-state index in [1.807, 2.05) is 18.9 Å². The summed E-state index contributed by atoms with van der Waals surface area (Å²) in [4.78, 5) is 19.4. The van der Waals surface area contributed by atoms with Crippen LogP contribution in [0.2, 0.25) is 0 Å². The minimum atomic E-state index is 0.129. The van der Waals surface area contributed by atoms with Gasteiger partial charge < -0.3 is 15.5 Å². The summed E-state index contributed by atoms with van der Waals surface area (Å²) in [6, 6.07) is 0. The number of aryl methyl sites for hydroxylation is 1. The van der Waals surface area contributed by atoms with Gasteiger partial charge in [0.2, 0.25) is 0 Å². The number of nitrogens with one attached hydrogen (secondary N) is 2. The van der Waals surface area contributed by atoms with Crippen LogP contribution in [0, 0.1) is 6.92 Å². The standard InChI is InChI=1S/C11H18N4OS/c1-8-10(17-9(14-8)7-12-2)11(16)15-5-3-13-4-6-15/h12-13H,3-7H2,1-2H3. The molecule has 2 rings (SSSR count). The van der Waals surface area contributed by atoms with E-state index >= 15 is 0 Å². The first-order valence-corrected chi connectivity index (χ1v) is 6.65. The average Bonchev–Trinajstić information content (AvgIpc) is 2.71. The molecule has 0 radical (unpaired) electrons. The van der Waals surface area contributed by atoms with Crippen molar-refractivity contribution in [3.05, 3.63) is 15.6 Å². The number of nitrogens with zero attached hydrogens (tertiary/aromatic N) is 2. The molecule has 0 atom stereocenters. The van der Waals surface area contributed by atoms with Crippen molar-refractivity contribution >= 4 is 17.2 Å². The number of aromatic nitrogens is 1. The maximum Gasteiger partial charge on any atom is 0.265 e. The molecule has 1 aliphatic heterocycles. The predicted octanol–water partition coefficient (Wildman–Crippen LogP) is 0.216. The first-order valence-electron chi connectivity index (χ1n) is 5.83. The highest BCUT2D eigenvalue weighted by Crippen LogP contribution is 2.20. The van der Waals surface area contributed by atoms with Crippen LogP contribution in [0.5, 0.6) is 0 Å². The maximum atomic E-state index is 12.3. The van der Waals surface area contributed by atoms with E-state index in [0.717, 1.165) is 48.3 Å². The van der Waals surface area contributed by atoms with Crippen LogP contribution < -0.4 is 10.6 Å². The summed E-state index contributed by atoms with van der Waals surface area (Å²) in [5.74, 6) is 0.129. The molecule has 2 N–H and O–H groups in total. The predicted molar refractivity (Wildman–Crippen MR) is 68.4 cm³/mol. The highest BCUT2D eigenvalue weighted by atomic mass is 32.1. The molecule has 1 aliphatic rings. The Bertz CT molecular complexity index is 398. The monoisotopic (exact) mass is 254 g/mol. The van der Waals surface area contributed by atoms with Gasteiger partial charge >= 0.3 is 0 Å². The van der Waals surface area contributed by atoms with Gasteiger partial charge in [-0.3, -0.25) is 4.79 Å². The van der Waals surface area contributed by atoms with Gasteiger partial charge in [0.1, 0.15) is 9.88 Å². The van der Waals surface area contributed by atoms with E-state index in [0.29, 0.717) is 0 Å². The SMILES string of the molecule is CNCc1nc(C)c(C(=O)N2CCNCC2)s1. The molecule has 17 heavy (non-hydrogen) atoms. The highest BCUT2D eigenvalue weighted by molar-refractivity contribution is 7.13. The topological polar surface area (TPSA) is 57.3 Å². The zero-order chi connectivity index (χ0) is 12.3. The minimum Gasteiger partial charge on any atom is -0.335 e. The van der Waals surface area contributed by atoms with Gasteiger partial charge in [0.05, 0.1) is 5.69 Å². The van der Waals surface area contributed by atoms with Crippen LogP contribution in [0.3, 0.4) is 0 Å². The molecule has 1 fully saturated rings. The normalized spacial score (nSPS) is 16.2. The Morgan fingerprint density at radius 1 is 1.53 bits per heavy atom. The molecule has 5 nitrogen and oxygen atoms in total. The maximum absolute atomic E-state index is 12.3. The van der Waals surface area contributed by atoms with Crippen molar-refractivity contribution in [3.63, 3.8) is 0 Å². The first-order chi connectivity index (χ1) is 8.22. The van der Waals surface area contributed by atoms with Crippen LogP contribution in [-0.4, -0.2) is 49.0 Å². The van der Waals surface area contributed by atoms with Gasteiger partial charge in [-0.1, -0.05) is 0 Å². The molecule has 1 amide bonds. The Labute approximate surface area is 105 Å². The summed E-state index contributed by atoms with van der Waals surface area (Å²) in [5, 5.41) is 7.28. The molecule has 0 aliphatic carbocycles. The number of hydrogen-bond donors (Lipinski definition) is 2. The van der Waals surface area contributed by atoms with E-state index in [9.17, 15) is 4.79 Å². The molecule has 1 aromatic rings. The number of thiazole rings is 1. The highest BCUT2D eigenvalue weighted by Gasteiger charge is 2.22. The van der Waals surface area contributed by atoms with E-state index in [2.05, 4.69) is 15.6 Å². The first kappa shape index (κ1) is 12.5. The van der Waals surface area contributed by atoms with Crippen LogP contribution in [0.15, 0.2) is 0 Å². The Morgan fingerprint density at radius 3 is 2.88 bits per heavy atom. The lowest BCUT2D eigenvalue weighted by molar-refractivity contribution is 0.0740. The fourth-order valence-corrected chi connectivity index (χ4v) is 2.93. The van der Waals surface area contributed by atoms with Gasteiger partial charge in [-0.25, -0.2) is 4.98 Å². The second-order valence-corrected chi connectivity index (χ2v) is 5.18. The second kappa shape index (κ2) is 5.57. The number of hydrogen-bond acceptors (Lipinski definition) is 5. The molecule has 0 bridgehead atoms. The van der Waals surface area contributed by atoms with Gasteiger partial charge in [0.15, 0.2) is 0 Å². The molecule has 6 heteroatoms. The van der Waals surface area contributed by atoms with E-state index in [4.69, 9.17) is 0 Å². The second-order valence-electron chi connectivity index (χ2n) is 4.09. The van der Waals surface area contributed by atoms with Crippen molar-refractivity contribution in [2.75, 3.05) is 33.2 Å². The van der Waals surface area contributed by atoms with Crippen molar-refractivity contribution in [1.82, 2.24) is 20.5 Å². The van der Waals surface area contributed by atoms with Gasteiger partial charge in [0, 0.05) is 32.7 Å². The van der Waals surface area contributed by atoms with Gasteiger partial charge in [-0.05, 0) is 14.0 Å². The van der Waals surface area contributed by atoms with Crippen LogP contribution in [0.25, 0.3) is 0 Å². The van der Waals surface area contributed by atoms with E-state index in [1.165, 1.54) is 11.3 Å². The molecular formula is C11H18N4OS. The van der Waals surface area contributed by atoms with Crippen molar-refractivity contribution in [3.8, 4) is 0 Å². The largest absolute Gasteiger partial charge is 0.335 e. The fraction of sp³-hybridized carbons (Fsp3) is 0.636. The number of carbonyl (C=O) groups is 1. The smallest absolute Gasteiger partial charge is 0.265 e. The number of piperazine rings is 1. The Kier molecular flexibility index (Phi) is 4.09. The third kappa shape index (κ3) is 2.83. The molecule has 1 aromatic heterocycles. The lowest BCUT2D eigenvalue weighted by Gasteiger charge is -2.27. The summed E-state index contributed by atoms with van der Waals surface area (Å²) >= 11 is 1.50. The summed E-state index contributed by atoms with van der Waals surface area (Å²) in [6.45, 7) is 5.97. The molecular weight excluding hydrogens is 236 g/mol. The van der Waals surface area contributed by atoms with Crippen molar-refractivity contribution < 1.29 is 4.79 Å². The van der Waals surface area contributed by atoms with Crippen molar-refractivity contribution in [2.24, 2.45) is 0 Å². The molecule has 0 saturated carbocycles. The number of carbonyl (C=O) groups excluding carboxylic acids is 1. The van der Waals surface area contributed by atoms with Crippen LogP contribution >= 0.6 is 11.3 Å². The zero-order valence-corrected chi connectivity index (χ0v) is 11.1. The van der Waals surface area contributed by atoms with Gasteiger partial charge in [0.25, 0.3) is 5.91 Å². The lowest BCUT2D eigenvalue weighted by Crippen LogP contribution is -2.46. The van der Waals surface area contributed by atoms with Crippen LogP contribution in [0.4, 0.5) is 0 Å². The van der Waals surface area contributed by atoms with Crippen molar-refractivity contribution in [1.29, 1.82) is 0 Å².